The number of rotatable bonds is 17. The third-order valence-electron chi connectivity index (χ3n) is 8.31. The highest BCUT2D eigenvalue weighted by Gasteiger charge is 2.33. The maximum absolute atomic E-state index is 13.5. The van der Waals surface area contributed by atoms with Crippen LogP contribution in [0.3, 0.4) is 0 Å². The van der Waals surface area contributed by atoms with Gasteiger partial charge in [0.2, 0.25) is 23.6 Å². The van der Waals surface area contributed by atoms with Gasteiger partial charge in [0.05, 0.1) is 23.5 Å². The van der Waals surface area contributed by atoms with Crippen LogP contribution in [0.4, 0.5) is 14.2 Å². The van der Waals surface area contributed by atoms with Crippen LogP contribution in [0.25, 0.3) is 0 Å². The summed E-state index contributed by atoms with van der Waals surface area (Å²) < 4.78 is 23.7. The van der Waals surface area contributed by atoms with Crippen molar-refractivity contribution >= 4 is 57.9 Å². The number of anilines is 1. The lowest BCUT2D eigenvalue weighted by atomic mass is 9.95. The molecule has 55 heavy (non-hydrogen) atoms. The normalized spacial score (nSPS) is 13.5. The summed E-state index contributed by atoms with van der Waals surface area (Å²) in [5, 5.41) is 16.0. The van der Waals surface area contributed by atoms with Crippen molar-refractivity contribution in [2.75, 3.05) is 25.5 Å². The molecule has 0 fully saturated rings. The highest BCUT2D eigenvalue weighted by atomic mass is 32.1. The van der Waals surface area contributed by atoms with Crippen LogP contribution in [-0.4, -0.2) is 85.5 Å². The molecule has 0 saturated heterocycles. The number of hydrogen-bond donors (Lipinski definition) is 6. The molecule has 0 radical (unpaired) electrons. The first-order valence-corrected chi connectivity index (χ1v) is 18.9. The molecule has 0 saturated carbocycles. The number of amides is 6. The first-order valence-electron chi connectivity index (χ1n) is 18.1. The second kappa shape index (κ2) is 20.6. The Kier molecular flexibility index (Phi) is 17.2. The Hall–Kier alpha value is -5.06. The van der Waals surface area contributed by atoms with Crippen LogP contribution in [0, 0.1) is 24.6 Å². The van der Waals surface area contributed by atoms with Crippen molar-refractivity contribution in [2.24, 2.45) is 11.8 Å². The van der Waals surface area contributed by atoms with Crippen molar-refractivity contribution in [3.8, 4) is 0 Å². The van der Waals surface area contributed by atoms with Crippen molar-refractivity contribution in [1.82, 2.24) is 26.6 Å². The van der Waals surface area contributed by atoms with Gasteiger partial charge in [0.25, 0.3) is 5.91 Å². The van der Waals surface area contributed by atoms with Gasteiger partial charge in [0.1, 0.15) is 34.5 Å². The number of alkyl carbamates (subject to hydrolysis) is 1. The van der Waals surface area contributed by atoms with Gasteiger partial charge in [-0.05, 0) is 76.1 Å². The summed E-state index contributed by atoms with van der Waals surface area (Å²) in [5.74, 6) is -5.32. The molecule has 0 aliphatic heterocycles. The van der Waals surface area contributed by atoms with Crippen LogP contribution in [0.15, 0.2) is 24.3 Å². The number of halogens is 1. The molecular weight excluding hydrogens is 736 g/mol. The second-order valence-corrected chi connectivity index (χ2v) is 15.6. The largest absolute Gasteiger partial charge is 0.465 e. The minimum Gasteiger partial charge on any atom is -0.465 e. The number of hydrogen-bond acceptors (Lipinski definition) is 10. The molecule has 17 heteroatoms. The molecule has 1 heterocycles. The molecule has 2 aromatic rings. The molecule has 0 aliphatic rings. The summed E-state index contributed by atoms with van der Waals surface area (Å²) in [6, 6.07) is 2.50. The number of nitrogens with one attached hydrogen (secondary N) is 6. The molecule has 4 atom stereocenters. The summed E-state index contributed by atoms with van der Waals surface area (Å²) in [6.07, 6.45) is -0.387. The summed E-state index contributed by atoms with van der Waals surface area (Å²) in [7, 11) is 1.18. The van der Waals surface area contributed by atoms with Gasteiger partial charge in [-0.2, -0.15) is 0 Å². The van der Waals surface area contributed by atoms with Gasteiger partial charge in [-0.15, -0.1) is 11.3 Å². The Morgan fingerprint density at radius 2 is 1.33 bits per heavy atom. The van der Waals surface area contributed by atoms with Crippen LogP contribution >= 0.6 is 11.3 Å². The van der Waals surface area contributed by atoms with E-state index in [1.54, 1.807) is 62.3 Å². The molecule has 0 bridgehead atoms. The van der Waals surface area contributed by atoms with E-state index < -0.39 is 77.1 Å². The quantitative estimate of drug-likeness (QED) is 0.100. The minimum absolute atomic E-state index is 0.0186. The van der Waals surface area contributed by atoms with E-state index in [1.807, 2.05) is 0 Å². The second-order valence-electron chi connectivity index (χ2n) is 14.6. The third-order valence-corrected chi connectivity index (χ3v) is 9.51. The van der Waals surface area contributed by atoms with Crippen molar-refractivity contribution in [2.45, 2.75) is 105 Å². The Bertz CT molecular complexity index is 1700. The van der Waals surface area contributed by atoms with Crippen molar-refractivity contribution < 1.29 is 47.4 Å². The first-order chi connectivity index (χ1) is 25.6. The molecule has 4 unspecified atom stereocenters. The van der Waals surface area contributed by atoms with Crippen molar-refractivity contribution in [1.29, 1.82) is 0 Å². The average Bonchev–Trinajstić information content (AvgIpc) is 3.42. The van der Waals surface area contributed by atoms with Gasteiger partial charge in [0.15, 0.2) is 0 Å². The Morgan fingerprint density at radius 1 is 0.782 bits per heavy atom. The molecular formula is C38H55FN6O9S. The zero-order chi connectivity index (χ0) is 41.8. The fourth-order valence-electron chi connectivity index (χ4n) is 5.34. The molecule has 6 amide bonds. The van der Waals surface area contributed by atoms with Gasteiger partial charge >= 0.3 is 12.1 Å². The number of carbonyl (C=O) groups excluding carboxylic acids is 7. The predicted octanol–water partition coefficient (Wildman–Crippen LogP) is 4.16. The number of ether oxygens (including phenoxy) is 2. The molecule has 15 nitrogen and oxygen atoms in total. The number of thiophene rings is 1. The molecule has 1 aromatic heterocycles. The van der Waals surface area contributed by atoms with Gasteiger partial charge in [0, 0.05) is 13.1 Å². The standard InChI is InChI=1S/C38H55FN6O9S/c1-12-25(23-13-15-24(39)16-14-23)31(47)45-35-26(36(51)53-11)21(6)29(55-35)34(50)41-18-17-40-30(46)22(7)42-32(48)27(19(2)3)43-33(49)28(20(4)5)44-37(52)54-38(8,9)10/h13-16,19-20,22,25,27-28H,12,17-18H2,1-11H3,(H,40,46)(H,41,50)(H,42,48)(H,43,49)(H,44,52)(H,45,47). The molecule has 0 aliphatic carbocycles. The SMILES string of the molecule is CCC(C(=O)Nc1sc(C(=O)NCCNC(=O)C(C)NC(=O)C(NC(=O)C(NC(=O)OC(C)(C)C)C(C)C)C(C)C)c(C)c1C(=O)OC)c1ccc(F)cc1. The van der Waals surface area contributed by atoms with Crippen LogP contribution < -0.4 is 31.9 Å². The van der Waals surface area contributed by atoms with Gasteiger partial charge in [-0.3, -0.25) is 24.0 Å². The van der Waals surface area contributed by atoms with Gasteiger partial charge in [-0.1, -0.05) is 46.8 Å². The van der Waals surface area contributed by atoms with E-state index in [0.717, 1.165) is 11.3 Å². The number of methoxy groups -OCH3 is 1. The predicted molar refractivity (Wildman–Crippen MR) is 206 cm³/mol. The Labute approximate surface area is 325 Å². The lowest BCUT2D eigenvalue weighted by molar-refractivity contribution is -0.133. The van der Waals surface area contributed by atoms with Crippen LogP contribution in [-0.2, 0) is 28.7 Å². The summed E-state index contributed by atoms with van der Waals surface area (Å²) >= 11 is 0.888. The Morgan fingerprint density at radius 3 is 1.85 bits per heavy atom. The van der Waals surface area contributed by atoms with Crippen LogP contribution in [0.5, 0.6) is 0 Å². The molecule has 1 aromatic carbocycles. The smallest absolute Gasteiger partial charge is 0.408 e. The molecule has 304 valence electrons. The number of esters is 1. The summed E-state index contributed by atoms with van der Waals surface area (Å²) in [6.45, 7) is 16.8. The monoisotopic (exact) mass is 790 g/mol. The molecule has 6 N–H and O–H groups in total. The van der Waals surface area contributed by atoms with E-state index in [1.165, 1.54) is 38.3 Å². The lowest BCUT2D eigenvalue weighted by Gasteiger charge is -2.28. The number of benzene rings is 1. The lowest BCUT2D eigenvalue weighted by Crippen LogP contribution is -2.59. The fourth-order valence-corrected chi connectivity index (χ4v) is 6.46. The van der Waals surface area contributed by atoms with E-state index in [-0.39, 0.29) is 45.9 Å². The molecule has 0 spiro atoms. The summed E-state index contributed by atoms with van der Waals surface area (Å²) in [4.78, 5) is 90.9. The highest BCUT2D eigenvalue weighted by Crippen LogP contribution is 2.35. The van der Waals surface area contributed by atoms with Crippen molar-refractivity contribution in [3.05, 3.63) is 51.7 Å². The topological polar surface area (TPSA) is 210 Å². The van der Waals surface area contributed by atoms with Gasteiger partial charge < -0.3 is 41.4 Å². The number of carbonyl (C=O) groups is 7. The van der Waals surface area contributed by atoms with Crippen LogP contribution in [0.2, 0.25) is 0 Å². The van der Waals surface area contributed by atoms with E-state index in [9.17, 15) is 38.0 Å². The van der Waals surface area contributed by atoms with Crippen molar-refractivity contribution in [3.63, 3.8) is 0 Å². The fraction of sp³-hybridized carbons (Fsp3) is 0.553. The maximum atomic E-state index is 13.5. The first kappa shape index (κ1) is 46.1. The molecule has 2 rings (SSSR count). The third kappa shape index (κ3) is 13.6. The van der Waals surface area contributed by atoms with E-state index in [0.29, 0.717) is 12.0 Å². The minimum atomic E-state index is -1.03. The van der Waals surface area contributed by atoms with Crippen LogP contribution in [0.1, 0.15) is 106 Å². The highest BCUT2D eigenvalue weighted by molar-refractivity contribution is 7.18. The van der Waals surface area contributed by atoms with E-state index in [2.05, 4.69) is 31.9 Å². The van der Waals surface area contributed by atoms with E-state index in [4.69, 9.17) is 9.47 Å². The maximum Gasteiger partial charge on any atom is 0.408 e. The van der Waals surface area contributed by atoms with E-state index >= 15 is 0 Å². The summed E-state index contributed by atoms with van der Waals surface area (Å²) in [5.41, 5.74) is 0.111. The zero-order valence-electron chi connectivity index (χ0n) is 33.4. The van der Waals surface area contributed by atoms with Gasteiger partial charge in [-0.25, -0.2) is 14.0 Å². The average molecular weight is 791 g/mol. The Balaban J connectivity index is 2.02. The zero-order valence-corrected chi connectivity index (χ0v) is 34.2.